The van der Waals surface area contributed by atoms with Gasteiger partial charge in [0.15, 0.2) is 0 Å². The Labute approximate surface area is 606 Å². The lowest BCUT2D eigenvalue weighted by molar-refractivity contribution is 1.61. The third kappa shape index (κ3) is 11.4. The molecule has 0 nitrogen and oxygen atoms in total. The van der Waals surface area contributed by atoms with E-state index in [0.717, 1.165) is 0 Å². The van der Waals surface area contributed by atoms with Crippen LogP contribution in [0.4, 0.5) is 0 Å². The van der Waals surface area contributed by atoms with E-state index in [2.05, 4.69) is 413 Å². The molecule has 0 amide bonds. The Morgan fingerprint density at radius 3 is 0.692 bits per heavy atom. The minimum Gasteiger partial charge on any atom is -0.0622 e. The van der Waals surface area contributed by atoms with Crippen molar-refractivity contribution in [3.63, 3.8) is 0 Å². The van der Waals surface area contributed by atoms with Gasteiger partial charge in [-0.25, -0.2) is 0 Å². The van der Waals surface area contributed by atoms with Gasteiger partial charge in [-0.3, -0.25) is 0 Å². The van der Waals surface area contributed by atoms with Crippen LogP contribution < -0.4 is 0 Å². The monoisotopic (exact) mass is 1320 g/mol. The lowest BCUT2D eigenvalue weighted by Crippen LogP contribution is -1.91. The summed E-state index contributed by atoms with van der Waals surface area (Å²) in [5.41, 5.74) is 24.8. The lowest BCUT2D eigenvalue weighted by atomic mass is 9.85. The number of fused-ring (bicyclic) bond motifs is 8. The van der Waals surface area contributed by atoms with Gasteiger partial charge < -0.3 is 0 Å². The zero-order valence-electron chi connectivity index (χ0n) is 57.3. The first-order valence-corrected chi connectivity index (χ1v) is 36.0. The highest BCUT2D eigenvalue weighted by Gasteiger charge is 2.20. The van der Waals surface area contributed by atoms with Crippen molar-refractivity contribution in [1.29, 1.82) is 0 Å². The Hall–Kier alpha value is -13.5. The van der Waals surface area contributed by atoms with Crippen LogP contribution in [0.2, 0.25) is 0 Å². The van der Waals surface area contributed by atoms with Crippen LogP contribution in [0, 0.1) is 0 Å². The molecule has 0 saturated carbocycles. The van der Waals surface area contributed by atoms with Gasteiger partial charge in [0.1, 0.15) is 0 Å². The Bertz CT molecular complexity index is 6520. The summed E-state index contributed by atoms with van der Waals surface area (Å²) in [5.74, 6) is 0. The Balaban J connectivity index is 0.000000143. The van der Waals surface area contributed by atoms with Crippen molar-refractivity contribution in [3.8, 4) is 111 Å². The Kier molecular flexibility index (Phi) is 15.7. The maximum atomic E-state index is 2.38. The molecule has 20 aromatic carbocycles. The second-order valence-electron chi connectivity index (χ2n) is 27.4. The largest absolute Gasteiger partial charge is 0.0622 e. The summed E-state index contributed by atoms with van der Waals surface area (Å²) in [7, 11) is 0. The lowest BCUT2D eigenvalue weighted by Gasteiger charge is -2.18. The quantitative estimate of drug-likeness (QED) is 0.120. The summed E-state index contributed by atoms with van der Waals surface area (Å²) in [5, 5.41) is 20.2. The van der Waals surface area contributed by atoms with Crippen molar-refractivity contribution in [2.45, 2.75) is 0 Å². The molecule has 0 heteroatoms. The highest BCUT2D eigenvalue weighted by Crippen LogP contribution is 2.47. The number of benzene rings is 20. The van der Waals surface area contributed by atoms with Gasteiger partial charge in [0.2, 0.25) is 0 Å². The normalized spacial score (nSPS) is 11.5. The molecule has 0 aromatic heterocycles. The van der Waals surface area contributed by atoms with Gasteiger partial charge in [0.05, 0.1) is 0 Å². The summed E-state index contributed by atoms with van der Waals surface area (Å²) in [6.45, 7) is 0. The van der Waals surface area contributed by atoms with E-state index in [-0.39, 0.29) is 0 Å². The first-order valence-electron chi connectivity index (χ1n) is 36.0. The average Bonchev–Trinajstić information content (AvgIpc) is 0.737. The standard InChI is InChI=1S/2C52H34/c1-2-11-35(12-3-1)36-23-29-41(30-24-36)51-47-16-6-8-18-49(47)52(50-19-9-7-17-48(50)51)43-32-26-38-25-31-42(33-44(38)34-43)37-21-27-40(28-22-37)46-20-10-14-39-13-4-5-15-45(39)46;1-2-10-35(11-3-1)37-22-27-41(28-23-37)51-47-14-6-8-16-49(47)52(50-17-9-7-15-48(50)51)45-31-26-40-25-30-44(33-46(40)34-45)39-20-18-38(19-21-39)43-29-24-36-12-4-5-13-42(36)32-43/h2*1-34H. The predicted molar refractivity (Wildman–Crippen MR) is 447 cm³/mol. The highest BCUT2D eigenvalue weighted by molar-refractivity contribution is 6.23. The third-order valence-corrected chi connectivity index (χ3v) is 21.3. The first-order chi connectivity index (χ1) is 51.5. The molecule has 20 rings (SSSR count). The molecular weight excluding hydrogens is 1250 g/mol. The summed E-state index contributed by atoms with van der Waals surface area (Å²) >= 11 is 0. The smallest absolute Gasteiger partial charge is 0.00262 e. The van der Waals surface area contributed by atoms with Crippen LogP contribution in [0.3, 0.4) is 0 Å². The molecule has 0 spiro atoms. The molecule has 20 aromatic rings. The zero-order valence-corrected chi connectivity index (χ0v) is 57.3. The highest BCUT2D eigenvalue weighted by atomic mass is 14.2. The molecule has 0 atom stereocenters. The van der Waals surface area contributed by atoms with E-state index in [1.165, 1.54) is 197 Å². The second-order valence-corrected chi connectivity index (χ2v) is 27.4. The van der Waals surface area contributed by atoms with Crippen molar-refractivity contribution in [2.75, 3.05) is 0 Å². The van der Waals surface area contributed by atoms with Crippen LogP contribution in [-0.4, -0.2) is 0 Å². The molecule has 0 fully saturated rings. The molecule has 0 N–H and O–H groups in total. The van der Waals surface area contributed by atoms with Crippen LogP contribution in [-0.2, 0) is 0 Å². The molecule has 484 valence electrons. The molecule has 104 heavy (non-hydrogen) atoms. The number of hydrogen-bond donors (Lipinski definition) is 0. The topological polar surface area (TPSA) is 0 Å². The van der Waals surface area contributed by atoms with Crippen molar-refractivity contribution in [1.82, 2.24) is 0 Å². The van der Waals surface area contributed by atoms with Crippen molar-refractivity contribution in [2.24, 2.45) is 0 Å². The fraction of sp³-hybridized carbons (Fsp3) is 0. The van der Waals surface area contributed by atoms with E-state index in [0.29, 0.717) is 0 Å². The minimum atomic E-state index is 1.22. The van der Waals surface area contributed by atoms with Gasteiger partial charge in [0, 0.05) is 0 Å². The molecule has 0 aliphatic rings. The molecule has 0 saturated heterocycles. The van der Waals surface area contributed by atoms with Gasteiger partial charge >= 0.3 is 0 Å². The fourth-order valence-corrected chi connectivity index (χ4v) is 16.1. The van der Waals surface area contributed by atoms with Crippen LogP contribution >= 0.6 is 0 Å². The third-order valence-electron chi connectivity index (χ3n) is 21.3. The van der Waals surface area contributed by atoms with Gasteiger partial charge in [-0.2, -0.15) is 0 Å². The maximum absolute atomic E-state index is 2.38. The molecule has 0 radical (unpaired) electrons. The fourth-order valence-electron chi connectivity index (χ4n) is 16.1. The Morgan fingerprint density at radius 1 is 0.0962 bits per heavy atom. The van der Waals surface area contributed by atoms with Gasteiger partial charge in [-0.15, -0.1) is 0 Å². The van der Waals surface area contributed by atoms with E-state index in [1.807, 2.05) is 0 Å². The molecule has 0 aliphatic heterocycles. The Morgan fingerprint density at radius 2 is 0.317 bits per heavy atom. The predicted octanol–water partition coefficient (Wildman–Crippen LogP) is 29.3. The molecular formula is C104H68. The van der Waals surface area contributed by atoms with Gasteiger partial charge in [-0.05, 0) is 228 Å². The van der Waals surface area contributed by atoms with Crippen LogP contribution in [0.5, 0.6) is 0 Å². The van der Waals surface area contributed by atoms with Crippen LogP contribution in [0.25, 0.3) is 197 Å². The summed E-state index contributed by atoms with van der Waals surface area (Å²) in [4.78, 5) is 0. The van der Waals surface area contributed by atoms with E-state index >= 15 is 0 Å². The first kappa shape index (κ1) is 61.6. The minimum absolute atomic E-state index is 1.22. The summed E-state index contributed by atoms with van der Waals surface area (Å²) < 4.78 is 0. The van der Waals surface area contributed by atoms with E-state index in [1.54, 1.807) is 0 Å². The van der Waals surface area contributed by atoms with Crippen molar-refractivity contribution < 1.29 is 0 Å². The van der Waals surface area contributed by atoms with Crippen molar-refractivity contribution in [3.05, 3.63) is 413 Å². The summed E-state index contributed by atoms with van der Waals surface area (Å²) in [6, 6.07) is 151. The average molecular weight is 1320 g/mol. The molecule has 0 aliphatic carbocycles. The zero-order chi connectivity index (χ0) is 68.9. The molecule has 0 bridgehead atoms. The van der Waals surface area contributed by atoms with Crippen molar-refractivity contribution >= 4 is 86.2 Å². The SMILES string of the molecule is c1ccc(-c2ccc(-c3c4ccccc4c(-c4ccc5ccc(-c6ccc(-c7ccc8ccccc8c7)cc6)cc5c4)c4ccccc34)cc2)cc1.c1ccc(-c2ccc(-c3c4ccccc4c(-c4ccc5ccc(-c6ccc(-c7cccc8ccccc78)cc6)cc5c4)c4ccccc34)cc2)cc1. The molecule has 0 unspecified atom stereocenters. The van der Waals surface area contributed by atoms with E-state index in [4.69, 9.17) is 0 Å². The second kappa shape index (κ2) is 26.5. The van der Waals surface area contributed by atoms with E-state index < -0.39 is 0 Å². The van der Waals surface area contributed by atoms with Gasteiger partial charge in [0.25, 0.3) is 0 Å². The van der Waals surface area contributed by atoms with Crippen LogP contribution in [0.1, 0.15) is 0 Å². The maximum Gasteiger partial charge on any atom is -0.00262 e. The van der Waals surface area contributed by atoms with E-state index in [9.17, 15) is 0 Å². The van der Waals surface area contributed by atoms with Crippen LogP contribution in [0.15, 0.2) is 413 Å². The van der Waals surface area contributed by atoms with Gasteiger partial charge in [-0.1, -0.05) is 382 Å². The number of hydrogen-bond acceptors (Lipinski definition) is 0. The summed E-state index contributed by atoms with van der Waals surface area (Å²) in [6.07, 6.45) is 0. The molecule has 0 heterocycles. The number of rotatable bonds is 10.